The number of likely N-dealkylation sites (N-methyl/N-ethyl adjacent to an activating group) is 1. The van der Waals surface area contributed by atoms with Crippen molar-refractivity contribution in [1.82, 2.24) is 4.90 Å². The molecule has 0 bridgehead atoms. The first-order chi connectivity index (χ1) is 12.7. The minimum atomic E-state index is -0.0127. The highest BCUT2D eigenvalue weighted by Crippen LogP contribution is 2.39. The number of hydrogen-bond donors (Lipinski definition) is 0. The lowest BCUT2D eigenvalue weighted by atomic mass is 10.1. The Morgan fingerprint density at radius 2 is 1.69 bits per heavy atom. The first-order valence-electron chi connectivity index (χ1n) is 8.55. The summed E-state index contributed by atoms with van der Waals surface area (Å²) in [7, 11) is 0. The van der Waals surface area contributed by atoms with Gasteiger partial charge in [0.05, 0.1) is 12.2 Å². The molecule has 0 saturated carbocycles. The summed E-state index contributed by atoms with van der Waals surface area (Å²) in [6.45, 7) is 3.40. The quantitative estimate of drug-likeness (QED) is 0.565. The van der Waals surface area contributed by atoms with E-state index >= 15 is 0 Å². The molecule has 1 saturated heterocycles. The van der Waals surface area contributed by atoms with Crippen LogP contribution >= 0.6 is 24.0 Å². The first-order valence-corrected chi connectivity index (χ1v) is 9.78. The van der Waals surface area contributed by atoms with Crippen molar-refractivity contribution >= 4 is 46.0 Å². The molecule has 0 aromatic heterocycles. The van der Waals surface area contributed by atoms with E-state index in [0.29, 0.717) is 15.8 Å². The van der Waals surface area contributed by atoms with Gasteiger partial charge in [0.15, 0.2) is 0 Å². The number of hydrogen-bond acceptors (Lipinski definition) is 4. The van der Waals surface area contributed by atoms with Crippen molar-refractivity contribution in [2.45, 2.75) is 13.5 Å². The number of thiocarbonyl (C=S) groups is 1. The number of carbonyl (C=O) groups is 1. The minimum absolute atomic E-state index is 0.0127. The molecule has 5 heteroatoms. The Bertz CT molecular complexity index is 934. The molecule has 0 radical (unpaired) electrons. The second-order valence-electron chi connectivity index (χ2n) is 6.10. The average Bonchev–Trinajstić information content (AvgIpc) is 2.96. The van der Waals surface area contributed by atoms with Gasteiger partial charge in [0.2, 0.25) is 0 Å². The van der Waals surface area contributed by atoms with Gasteiger partial charge in [-0.2, -0.15) is 0 Å². The largest absolute Gasteiger partial charge is 0.340 e. The second kappa shape index (κ2) is 7.09. The van der Waals surface area contributed by atoms with E-state index in [4.69, 9.17) is 12.2 Å². The van der Waals surface area contributed by atoms with Gasteiger partial charge >= 0.3 is 0 Å². The number of para-hydroxylation sites is 1. The molecule has 0 spiro atoms. The maximum atomic E-state index is 13.1. The normalized spacial score (nSPS) is 19.3. The van der Waals surface area contributed by atoms with Crippen molar-refractivity contribution in [3.63, 3.8) is 0 Å². The van der Waals surface area contributed by atoms with Crippen molar-refractivity contribution in [2.24, 2.45) is 0 Å². The predicted molar refractivity (Wildman–Crippen MR) is 113 cm³/mol. The van der Waals surface area contributed by atoms with Crippen LogP contribution in [0.3, 0.4) is 0 Å². The molecule has 0 unspecified atom stereocenters. The molecule has 1 amide bonds. The van der Waals surface area contributed by atoms with Gasteiger partial charge in [-0.25, -0.2) is 0 Å². The molecule has 4 rings (SSSR count). The number of carbonyl (C=O) groups excluding carboxylic acids is 1. The van der Waals surface area contributed by atoms with E-state index in [2.05, 4.69) is 30.0 Å². The third kappa shape index (κ3) is 2.97. The van der Waals surface area contributed by atoms with Crippen molar-refractivity contribution in [1.29, 1.82) is 0 Å². The first kappa shape index (κ1) is 17.1. The zero-order valence-electron chi connectivity index (χ0n) is 14.4. The highest BCUT2D eigenvalue weighted by Gasteiger charge is 2.36. The van der Waals surface area contributed by atoms with E-state index in [1.54, 1.807) is 4.90 Å². The highest BCUT2D eigenvalue weighted by atomic mass is 32.2. The molecule has 2 heterocycles. The van der Waals surface area contributed by atoms with Gasteiger partial charge in [-0.15, -0.1) is 0 Å². The molecule has 3 nitrogen and oxygen atoms in total. The van der Waals surface area contributed by atoms with Crippen LogP contribution in [0.4, 0.5) is 5.69 Å². The Kier molecular flexibility index (Phi) is 4.66. The third-order valence-electron chi connectivity index (χ3n) is 4.52. The van der Waals surface area contributed by atoms with Gasteiger partial charge in [-0.3, -0.25) is 9.69 Å². The molecule has 0 aliphatic carbocycles. The Balaban J connectivity index is 1.69. The number of thioether (sulfide) groups is 1. The van der Waals surface area contributed by atoms with E-state index in [1.165, 1.54) is 11.8 Å². The summed E-state index contributed by atoms with van der Waals surface area (Å²) in [5.74, 6) is -0.0127. The Hall–Kier alpha value is -2.37. The number of anilines is 1. The average molecular weight is 379 g/mol. The van der Waals surface area contributed by atoms with Gasteiger partial charge in [0, 0.05) is 12.2 Å². The number of allylic oxidation sites excluding steroid dienone is 1. The van der Waals surface area contributed by atoms with E-state index in [0.717, 1.165) is 29.1 Å². The van der Waals surface area contributed by atoms with Crippen LogP contribution in [-0.4, -0.2) is 21.7 Å². The molecule has 2 aliphatic heterocycles. The summed E-state index contributed by atoms with van der Waals surface area (Å²) in [5, 5.41) is 0. The fraction of sp³-hybridized carbons (Fsp3) is 0.143. The summed E-state index contributed by atoms with van der Waals surface area (Å²) < 4.78 is 0.615. The van der Waals surface area contributed by atoms with Crippen molar-refractivity contribution in [3.05, 3.63) is 82.4 Å². The van der Waals surface area contributed by atoms with Gasteiger partial charge < -0.3 is 4.90 Å². The number of rotatable bonds is 3. The molecular formula is C21H18N2OS2. The third-order valence-corrected chi connectivity index (χ3v) is 5.97. The Morgan fingerprint density at radius 3 is 2.46 bits per heavy atom. The van der Waals surface area contributed by atoms with Gasteiger partial charge in [-0.05, 0) is 30.2 Å². The van der Waals surface area contributed by atoms with E-state index in [-0.39, 0.29) is 5.91 Å². The minimum Gasteiger partial charge on any atom is -0.340 e. The summed E-state index contributed by atoms with van der Waals surface area (Å²) in [4.78, 5) is 17.7. The molecule has 2 aromatic carbocycles. The number of benzene rings is 2. The number of fused-ring (bicyclic) bond motifs is 1. The lowest BCUT2D eigenvalue weighted by Crippen LogP contribution is -2.30. The summed E-state index contributed by atoms with van der Waals surface area (Å²) in [5.41, 5.74) is 4.30. The molecular weight excluding hydrogens is 360 g/mol. The smallest absolute Gasteiger partial charge is 0.268 e. The van der Waals surface area contributed by atoms with Crippen LogP contribution in [0.15, 0.2) is 71.3 Å². The van der Waals surface area contributed by atoms with Gasteiger partial charge in [0.25, 0.3) is 5.91 Å². The highest BCUT2D eigenvalue weighted by molar-refractivity contribution is 8.26. The number of amides is 1. The van der Waals surface area contributed by atoms with Crippen LogP contribution in [0.25, 0.3) is 6.08 Å². The maximum absolute atomic E-state index is 13.1. The topological polar surface area (TPSA) is 23.6 Å². The monoisotopic (exact) mass is 378 g/mol. The fourth-order valence-electron chi connectivity index (χ4n) is 3.26. The molecule has 2 aliphatic rings. The van der Waals surface area contributed by atoms with Crippen molar-refractivity contribution in [3.8, 4) is 0 Å². The fourth-order valence-corrected chi connectivity index (χ4v) is 4.57. The van der Waals surface area contributed by atoms with E-state index in [1.807, 2.05) is 48.5 Å². The van der Waals surface area contributed by atoms with E-state index in [9.17, 15) is 4.79 Å². The van der Waals surface area contributed by atoms with Crippen molar-refractivity contribution in [2.75, 3.05) is 11.4 Å². The molecule has 130 valence electrons. The van der Waals surface area contributed by atoms with Crippen LogP contribution in [-0.2, 0) is 11.3 Å². The zero-order valence-corrected chi connectivity index (χ0v) is 16.0. The SMILES string of the molecule is CCN1/C(=C2/SC(=S)N(Cc3ccccc3)C2=O)C=Cc2ccccc21. The second-order valence-corrected chi connectivity index (χ2v) is 7.74. The molecule has 1 fully saturated rings. The maximum Gasteiger partial charge on any atom is 0.268 e. The van der Waals surface area contributed by atoms with Gasteiger partial charge in [0.1, 0.15) is 9.23 Å². The van der Waals surface area contributed by atoms with Crippen molar-refractivity contribution < 1.29 is 4.79 Å². The lowest BCUT2D eigenvalue weighted by molar-refractivity contribution is -0.122. The molecule has 0 N–H and O–H groups in total. The van der Waals surface area contributed by atoms with Crippen LogP contribution in [0.1, 0.15) is 18.1 Å². The summed E-state index contributed by atoms with van der Waals surface area (Å²) in [6.07, 6.45) is 4.10. The van der Waals surface area contributed by atoms with Crippen LogP contribution in [0, 0.1) is 0 Å². The zero-order chi connectivity index (χ0) is 18.1. The summed E-state index contributed by atoms with van der Waals surface area (Å²) >= 11 is 6.90. The standard InChI is InChI=1S/C21H18N2OS2/c1-2-22-17-11-7-6-10-16(17)12-13-18(22)19-20(24)23(21(25)26-19)14-15-8-4-3-5-9-15/h3-13H,2,14H2,1H3/b19-18+. The molecule has 2 aromatic rings. The summed E-state index contributed by atoms with van der Waals surface area (Å²) in [6, 6.07) is 18.2. The lowest BCUT2D eigenvalue weighted by Gasteiger charge is -2.30. The van der Waals surface area contributed by atoms with Crippen LogP contribution in [0.2, 0.25) is 0 Å². The predicted octanol–water partition coefficient (Wildman–Crippen LogP) is 4.81. The number of nitrogens with zero attached hydrogens (tertiary/aromatic N) is 2. The Labute approximate surface area is 163 Å². The molecule has 26 heavy (non-hydrogen) atoms. The van der Waals surface area contributed by atoms with E-state index < -0.39 is 0 Å². The molecule has 0 atom stereocenters. The van der Waals surface area contributed by atoms with Gasteiger partial charge in [-0.1, -0.05) is 78.6 Å². The van der Waals surface area contributed by atoms with Crippen LogP contribution < -0.4 is 4.90 Å². The Morgan fingerprint density at radius 1 is 0.962 bits per heavy atom. The van der Waals surface area contributed by atoms with Crippen LogP contribution in [0.5, 0.6) is 0 Å².